The first-order valence-corrected chi connectivity index (χ1v) is 7.61. The Morgan fingerprint density at radius 1 is 1.30 bits per heavy atom. The number of hydrogen-bond acceptors (Lipinski definition) is 3. The van der Waals surface area contributed by atoms with Gasteiger partial charge in [0, 0.05) is 11.5 Å². The smallest absolute Gasteiger partial charge is 0.335 e. The SMILES string of the molecule is COc1cc(C(=O)O)cc(F)c1N(C(=O)C(C)(C)C)C1CCC1. The first-order chi connectivity index (χ1) is 10.7. The third-order valence-corrected chi connectivity index (χ3v) is 4.04. The molecule has 1 amide bonds. The number of anilines is 1. The van der Waals surface area contributed by atoms with Gasteiger partial charge in [0.15, 0.2) is 5.82 Å². The van der Waals surface area contributed by atoms with E-state index in [9.17, 15) is 14.0 Å². The van der Waals surface area contributed by atoms with Crippen molar-refractivity contribution in [1.29, 1.82) is 0 Å². The molecule has 1 aromatic rings. The second kappa shape index (κ2) is 6.18. The van der Waals surface area contributed by atoms with Gasteiger partial charge in [-0.05, 0) is 31.4 Å². The molecule has 1 aromatic carbocycles. The summed E-state index contributed by atoms with van der Waals surface area (Å²) < 4.78 is 19.8. The van der Waals surface area contributed by atoms with E-state index in [4.69, 9.17) is 9.84 Å². The molecule has 1 saturated carbocycles. The Balaban J connectivity index is 2.58. The highest BCUT2D eigenvalue weighted by atomic mass is 19.1. The van der Waals surface area contributed by atoms with Gasteiger partial charge in [0.05, 0.1) is 12.7 Å². The van der Waals surface area contributed by atoms with Crippen molar-refractivity contribution < 1.29 is 23.8 Å². The summed E-state index contributed by atoms with van der Waals surface area (Å²) in [5.41, 5.74) is -0.861. The van der Waals surface area contributed by atoms with E-state index >= 15 is 0 Å². The van der Waals surface area contributed by atoms with Crippen LogP contribution in [-0.2, 0) is 4.79 Å². The van der Waals surface area contributed by atoms with E-state index in [0.29, 0.717) is 0 Å². The van der Waals surface area contributed by atoms with Crippen LogP contribution in [0.1, 0.15) is 50.4 Å². The summed E-state index contributed by atoms with van der Waals surface area (Å²) in [5, 5.41) is 9.06. The highest BCUT2D eigenvalue weighted by Gasteiger charge is 2.38. The Hall–Kier alpha value is -2.11. The molecule has 0 spiro atoms. The van der Waals surface area contributed by atoms with Gasteiger partial charge in [-0.3, -0.25) is 4.79 Å². The minimum absolute atomic E-state index is 0.0297. The van der Waals surface area contributed by atoms with Crippen LogP contribution in [0.5, 0.6) is 5.75 Å². The van der Waals surface area contributed by atoms with Gasteiger partial charge < -0.3 is 14.7 Å². The third kappa shape index (κ3) is 3.30. The lowest BCUT2D eigenvalue weighted by Crippen LogP contribution is -2.49. The molecule has 0 saturated heterocycles. The maximum absolute atomic E-state index is 14.6. The fourth-order valence-electron chi connectivity index (χ4n) is 2.54. The third-order valence-electron chi connectivity index (χ3n) is 4.04. The number of nitrogens with zero attached hydrogens (tertiary/aromatic N) is 1. The maximum atomic E-state index is 14.6. The van der Waals surface area contributed by atoms with Crippen molar-refractivity contribution in [3.8, 4) is 5.75 Å². The molecule has 0 atom stereocenters. The number of carbonyl (C=O) groups excluding carboxylic acids is 1. The number of amides is 1. The summed E-state index contributed by atoms with van der Waals surface area (Å²) in [6, 6.07) is 2.10. The predicted molar refractivity (Wildman–Crippen MR) is 84.5 cm³/mol. The van der Waals surface area contributed by atoms with Crippen LogP contribution in [0.4, 0.5) is 10.1 Å². The number of carboxylic acid groups (broad SMARTS) is 1. The van der Waals surface area contributed by atoms with Crippen molar-refractivity contribution in [1.82, 2.24) is 0 Å². The lowest BCUT2D eigenvalue weighted by atomic mass is 9.86. The molecule has 23 heavy (non-hydrogen) atoms. The van der Waals surface area contributed by atoms with E-state index in [0.717, 1.165) is 25.3 Å². The normalized spacial score (nSPS) is 15.0. The Bertz CT molecular complexity index is 632. The lowest BCUT2D eigenvalue weighted by Gasteiger charge is -2.41. The summed E-state index contributed by atoms with van der Waals surface area (Å²) in [5.74, 6) is -2.15. The zero-order valence-electron chi connectivity index (χ0n) is 13.9. The number of ether oxygens (including phenoxy) is 1. The highest BCUT2D eigenvalue weighted by Crippen LogP contribution is 2.40. The van der Waals surface area contributed by atoms with Crippen LogP contribution in [0.15, 0.2) is 12.1 Å². The Kier molecular flexibility index (Phi) is 4.63. The van der Waals surface area contributed by atoms with Crippen LogP contribution in [0, 0.1) is 11.2 Å². The molecule has 0 bridgehead atoms. The number of carboxylic acids is 1. The zero-order chi connectivity index (χ0) is 17.4. The van der Waals surface area contributed by atoms with E-state index in [1.807, 2.05) is 0 Å². The van der Waals surface area contributed by atoms with E-state index < -0.39 is 17.2 Å². The quantitative estimate of drug-likeness (QED) is 0.921. The summed E-state index contributed by atoms with van der Waals surface area (Å²) in [6.07, 6.45) is 2.58. The number of aromatic carboxylic acids is 1. The summed E-state index contributed by atoms with van der Waals surface area (Å²) in [7, 11) is 1.34. The summed E-state index contributed by atoms with van der Waals surface area (Å²) >= 11 is 0. The molecule has 2 rings (SSSR count). The minimum atomic E-state index is -1.24. The van der Waals surface area contributed by atoms with Crippen molar-refractivity contribution in [3.05, 3.63) is 23.5 Å². The average molecular weight is 323 g/mol. The zero-order valence-corrected chi connectivity index (χ0v) is 13.9. The van der Waals surface area contributed by atoms with Crippen molar-refractivity contribution in [3.63, 3.8) is 0 Å². The Morgan fingerprint density at radius 2 is 1.91 bits per heavy atom. The van der Waals surface area contributed by atoms with Gasteiger partial charge in [0.1, 0.15) is 11.4 Å². The molecule has 6 heteroatoms. The van der Waals surface area contributed by atoms with Crippen molar-refractivity contribution in [2.24, 2.45) is 5.41 Å². The number of carbonyl (C=O) groups is 2. The molecule has 0 unspecified atom stereocenters. The van der Waals surface area contributed by atoms with E-state index in [2.05, 4.69) is 0 Å². The maximum Gasteiger partial charge on any atom is 0.335 e. The Morgan fingerprint density at radius 3 is 2.30 bits per heavy atom. The van der Waals surface area contributed by atoms with Crippen molar-refractivity contribution in [2.45, 2.75) is 46.1 Å². The van der Waals surface area contributed by atoms with Crippen LogP contribution in [0.2, 0.25) is 0 Å². The van der Waals surface area contributed by atoms with Crippen LogP contribution in [-0.4, -0.2) is 30.1 Å². The number of halogens is 1. The van der Waals surface area contributed by atoms with E-state index in [1.54, 1.807) is 20.8 Å². The molecule has 1 fully saturated rings. The second-order valence-corrected chi connectivity index (χ2v) is 6.82. The monoisotopic (exact) mass is 323 g/mol. The number of methoxy groups -OCH3 is 1. The van der Waals surface area contributed by atoms with E-state index in [1.165, 1.54) is 18.1 Å². The fourth-order valence-corrected chi connectivity index (χ4v) is 2.54. The average Bonchev–Trinajstić information content (AvgIpc) is 2.40. The van der Waals surface area contributed by atoms with Crippen LogP contribution < -0.4 is 9.64 Å². The second-order valence-electron chi connectivity index (χ2n) is 6.82. The molecule has 0 aromatic heterocycles. The molecule has 0 radical (unpaired) electrons. The minimum Gasteiger partial charge on any atom is -0.494 e. The molecule has 5 nitrogen and oxygen atoms in total. The Labute approximate surface area is 135 Å². The van der Waals surface area contributed by atoms with Gasteiger partial charge in [-0.15, -0.1) is 0 Å². The van der Waals surface area contributed by atoms with Gasteiger partial charge in [-0.2, -0.15) is 0 Å². The largest absolute Gasteiger partial charge is 0.494 e. The summed E-state index contributed by atoms with van der Waals surface area (Å²) in [6.45, 7) is 5.32. The molecule has 126 valence electrons. The molecular weight excluding hydrogens is 301 g/mol. The standard InChI is InChI=1S/C17H22FNO4/c1-17(2,3)16(22)19(11-6-5-7-11)14-12(18)8-10(15(20)21)9-13(14)23-4/h8-9,11H,5-7H2,1-4H3,(H,20,21). The van der Waals surface area contributed by atoms with Gasteiger partial charge in [-0.1, -0.05) is 20.8 Å². The van der Waals surface area contributed by atoms with Crippen LogP contribution in [0.3, 0.4) is 0 Å². The molecule has 1 aliphatic carbocycles. The van der Waals surface area contributed by atoms with Crippen molar-refractivity contribution in [2.75, 3.05) is 12.0 Å². The number of benzene rings is 1. The van der Waals surface area contributed by atoms with Gasteiger partial charge >= 0.3 is 5.97 Å². The first-order valence-electron chi connectivity index (χ1n) is 7.61. The van der Waals surface area contributed by atoms with Gasteiger partial charge in [0.2, 0.25) is 5.91 Å². The molecular formula is C17H22FNO4. The van der Waals surface area contributed by atoms with Gasteiger partial charge in [-0.25, -0.2) is 9.18 Å². The molecule has 0 aliphatic heterocycles. The molecule has 1 N–H and O–H groups in total. The number of hydrogen-bond donors (Lipinski definition) is 1. The highest BCUT2D eigenvalue weighted by molar-refractivity contribution is 6.00. The lowest BCUT2D eigenvalue weighted by molar-refractivity contribution is -0.126. The topological polar surface area (TPSA) is 66.8 Å². The van der Waals surface area contributed by atoms with Crippen molar-refractivity contribution >= 4 is 17.6 Å². The number of rotatable bonds is 4. The molecule has 0 heterocycles. The fraction of sp³-hybridized carbons (Fsp3) is 0.529. The first kappa shape index (κ1) is 17.2. The van der Waals surface area contributed by atoms with Crippen LogP contribution in [0.25, 0.3) is 0 Å². The van der Waals surface area contributed by atoms with E-state index in [-0.39, 0.29) is 28.9 Å². The molecule has 1 aliphatic rings. The summed E-state index contributed by atoms with van der Waals surface area (Å²) in [4.78, 5) is 25.4. The van der Waals surface area contributed by atoms with Gasteiger partial charge in [0.25, 0.3) is 0 Å². The van der Waals surface area contributed by atoms with Crippen LogP contribution >= 0.6 is 0 Å². The predicted octanol–water partition coefficient (Wildman–Crippen LogP) is 3.46.